The van der Waals surface area contributed by atoms with Gasteiger partial charge in [0, 0.05) is 11.1 Å². The molecule has 2 aliphatic heterocycles. The molecule has 0 radical (unpaired) electrons. The summed E-state index contributed by atoms with van der Waals surface area (Å²) in [5.41, 5.74) is 1.98. The van der Waals surface area contributed by atoms with Crippen molar-refractivity contribution in [3.63, 3.8) is 0 Å². The van der Waals surface area contributed by atoms with E-state index in [1.54, 1.807) is 24.3 Å². The average molecular weight is 264 g/mol. The molecule has 0 saturated heterocycles. The first-order valence-electron chi connectivity index (χ1n) is 6.00. The molecule has 4 rings (SSSR count). The third-order valence-corrected chi connectivity index (χ3v) is 3.63. The van der Waals surface area contributed by atoms with Crippen LogP contribution < -0.4 is 9.47 Å². The van der Waals surface area contributed by atoms with Crippen LogP contribution in [0.15, 0.2) is 37.4 Å². The Labute approximate surface area is 113 Å². The van der Waals surface area contributed by atoms with E-state index in [-0.39, 0.29) is 0 Å². The van der Waals surface area contributed by atoms with E-state index in [2.05, 4.69) is 13.2 Å². The summed E-state index contributed by atoms with van der Waals surface area (Å²) in [7, 11) is 0. The molecule has 0 spiro atoms. The molecule has 0 unspecified atom stereocenters. The van der Waals surface area contributed by atoms with E-state index < -0.39 is 11.9 Å². The second kappa shape index (κ2) is 3.36. The Bertz CT molecular complexity index is 800. The molecule has 0 amide bonds. The van der Waals surface area contributed by atoms with Gasteiger partial charge in [-0.1, -0.05) is 13.2 Å². The molecule has 4 heteroatoms. The molecule has 0 aliphatic carbocycles. The Hall–Kier alpha value is -2.88. The van der Waals surface area contributed by atoms with Crippen LogP contribution in [0.4, 0.5) is 0 Å². The molecular formula is C16H8O4. The van der Waals surface area contributed by atoms with Crippen LogP contribution >= 0.6 is 0 Å². The number of rotatable bonds is 0. The standard InChI is InChI=1S/C16H8O4/c1-7-13-9-3-6-12-14(8(2)16(18)20-12)10(9)4-5-11(13)19-15(7)17/h3-6H,1-2H2. The Morgan fingerprint density at radius 1 is 0.700 bits per heavy atom. The number of carbonyl (C=O) groups excluding carboxylic acids is 2. The zero-order chi connectivity index (χ0) is 14.0. The Balaban J connectivity index is 2.13. The Morgan fingerprint density at radius 2 is 1.10 bits per heavy atom. The van der Waals surface area contributed by atoms with Gasteiger partial charge in [-0.15, -0.1) is 0 Å². The number of benzene rings is 2. The summed E-state index contributed by atoms with van der Waals surface area (Å²) in [5.74, 6) is 0.0879. The highest BCUT2D eigenvalue weighted by atomic mass is 16.5. The molecule has 0 fully saturated rings. The van der Waals surface area contributed by atoms with Gasteiger partial charge in [0.1, 0.15) is 11.5 Å². The summed E-state index contributed by atoms with van der Waals surface area (Å²) in [6.07, 6.45) is 0. The van der Waals surface area contributed by atoms with Crippen LogP contribution in [-0.2, 0) is 9.59 Å². The first kappa shape index (κ1) is 11.0. The van der Waals surface area contributed by atoms with Gasteiger partial charge in [0.05, 0.1) is 11.1 Å². The molecular weight excluding hydrogens is 256 g/mol. The highest BCUT2D eigenvalue weighted by Gasteiger charge is 2.31. The first-order valence-corrected chi connectivity index (χ1v) is 6.00. The fraction of sp³-hybridized carbons (Fsp3) is 0. The third kappa shape index (κ3) is 1.15. The lowest BCUT2D eigenvalue weighted by molar-refractivity contribution is -0.127. The van der Waals surface area contributed by atoms with E-state index >= 15 is 0 Å². The predicted octanol–water partition coefficient (Wildman–Crippen LogP) is 2.70. The summed E-state index contributed by atoms with van der Waals surface area (Å²) >= 11 is 0. The minimum absolute atomic E-state index is 0.321. The van der Waals surface area contributed by atoms with Crippen LogP contribution in [0.25, 0.3) is 21.9 Å². The van der Waals surface area contributed by atoms with E-state index in [9.17, 15) is 9.59 Å². The number of hydrogen-bond donors (Lipinski definition) is 0. The van der Waals surface area contributed by atoms with Gasteiger partial charge in [0.2, 0.25) is 0 Å². The second-order valence-corrected chi connectivity index (χ2v) is 4.71. The van der Waals surface area contributed by atoms with Crippen molar-refractivity contribution in [2.24, 2.45) is 0 Å². The first-order chi connectivity index (χ1) is 9.58. The van der Waals surface area contributed by atoms with E-state index in [0.717, 1.165) is 10.8 Å². The summed E-state index contributed by atoms with van der Waals surface area (Å²) in [5, 5.41) is 1.60. The summed E-state index contributed by atoms with van der Waals surface area (Å²) in [6, 6.07) is 6.99. The molecule has 2 aliphatic rings. The van der Waals surface area contributed by atoms with Gasteiger partial charge in [-0.3, -0.25) is 0 Å². The average Bonchev–Trinajstić information content (AvgIpc) is 2.88. The lowest BCUT2D eigenvalue weighted by Crippen LogP contribution is -1.98. The summed E-state index contributed by atoms with van der Waals surface area (Å²) < 4.78 is 10.3. The number of esters is 2. The topological polar surface area (TPSA) is 52.6 Å². The van der Waals surface area contributed by atoms with Crippen molar-refractivity contribution in [1.29, 1.82) is 0 Å². The quantitative estimate of drug-likeness (QED) is 0.417. The van der Waals surface area contributed by atoms with Gasteiger partial charge in [-0.25, -0.2) is 9.59 Å². The van der Waals surface area contributed by atoms with Crippen LogP contribution in [0.3, 0.4) is 0 Å². The summed E-state index contributed by atoms with van der Waals surface area (Å²) in [4.78, 5) is 23.2. The van der Waals surface area contributed by atoms with Crippen LogP contribution in [0.1, 0.15) is 11.1 Å². The number of ether oxygens (including phenoxy) is 2. The monoisotopic (exact) mass is 264 g/mol. The van der Waals surface area contributed by atoms with Crippen molar-refractivity contribution < 1.29 is 19.1 Å². The molecule has 2 aromatic carbocycles. The third-order valence-electron chi connectivity index (χ3n) is 3.63. The molecule has 0 aromatic heterocycles. The molecule has 96 valence electrons. The van der Waals surface area contributed by atoms with Gasteiger partial charge < -0.3 is 9.47 Å². The van der Waals surface area contributed by atoms with Gasteiger partial charge in [0.15, 0.2) is 0 Å². The van der Waals surface area contributed by atoms with E-state index in [0.29, 0.717) is 33.8 Å². The zero-order valence-electron chi connectivity index (χ0n) is 10.4. The maximum atomic E-state index is 11.6. The van der Waals surface area contributed by atoms with Gasteiger partial charge >= 0.3 is 11.9 Å². The van der Waals surface area contributed by atoms with Gasteiger partial charge in [0.25, 0.3) is 0 Å². The molecule has 0 bridgehead atoms. The summed E-state index contributed by atoms with van der Waals surface area (Å²) in [6.45, 7) is 7.52. The van der Waals surface area contributed by atoms with Gasteiger partial charge in [-0.2, -0.15) is 0 Å². The van der Waals surface area contributed by atoms with E-state index in [1.165, 1.54) is 0 Å². The van der Waals surface area contributed by atoms with E-state index in [4.69, 9.17) is 9.47 Å². The Kier molecular flexibility index (Phi) is 1.85. The number of fused-ring (bicyclic) bond motifs is 5. The minimum atomic E-state index is -0.445. The van der Waals surface area contributed by atoms with Crippen molar-refractivity contribution in [2.45, 2.75) is 0 Å². The minimum Gasteiger partial charge on any atom is -0.422 e. The lowest BCUT2D eigenvalue weighted by Gasteiger charge is -2.07. The molecule has 0 saturated carbocycles. The maximum Gasteiger partial charge on any atom is 0.343 e. The van der Waals surface area contributed by atoms with Crippen molar-refractivity contribution in [1.82, 2.24) is 0 Å². The highest BCUT2D eigenvalue weighted by molar-refractivity contribution is 6.28. The molecule has 2 aromatic rings. The van der Waals surface area contributed by atoms with Crippen LogP contribution in [0.5, 0.6) is 11.5 Å². The van der Waals surface area contributed by atoms with Crippen molar-refractivity contribution in [3.05, 3.63) is 48.6 Å². The molecule has 0 atom stereocenters. The van der Waals surface area contributed by atoms with Crippen LogP contribution in [0.2, 0.25) is 0 Å². The molecule has 0 N–H and O–H groups in total. The van der Waals surface area contributed by atoms with Crippen LogP contribution in [0, 0.1) is 0 Å². The molecule has 2 heterocycles. The van der Waals surface area contributed by atoms with Crippen molar-refractivity contribution in [3.8, 4) is 11.5 Å². The van der Waals surface area contributed by atoms with Gasteiger partial charge in [-0.05, 0) is 35.0 Å². The van der Waals surface area contributed by atoms with Crippen LogP contribution in [-0.4, -0.2) is 11.9 Å². The fourth-order valence-electron chi connectivity index (χ4n) is 2.69. The normalized spacial score (nSPS) is 16.2. The largest absolute Gasteiger partial charge is 0.422 e. The fourth-order valence-corrected chi connectivity index (χ4v) is 2.69. The van der Waals surface area contributed by atoms with Crippen molar-refractivity contribution >= 4 is 33.9 Å². The predicted molar refractivity (Wildman–Crippen MR) is 73.3 cm³/mol. The molecule has 4 nitrogen and oxygen atoms in total. The second-order valence-electron chi connectivity index (χ2n) is 4.71. The SMILES string of the molecule is C=C1C(=O)Oc2ccc3c4c(ccc3c21)OC(=O)C4=C. The Morgan fingerprint density at radius 3 is 1.50 bits per heavy atom. The van der Waals surface area contributed by atoms with E-state index in [1.807, 2.05) is 0 Å². The lowest BCUT2D eigenvalue weighted by atomic mass is 9.94. The maximum absolute atomic E-state index is 11.6. The number of hydrogen-bond acceptors (Lipinski definition) is 4. The highest BCUT2D eigenvalue weighted by Crippen LogP contribution is 2.45. The van der Waals surface area contributed by atoms with Crippen molar-refractivity contribution in [2.75, 3.05) is 0 Å². The zero-order valence-corrected chi connectivity index (χ0v) is 10.4. The smallest absolute Gasteiger partial charge is 0.343 e. The molecule has 20 heavy (non-hydrogen) atoms. The number of carbonyl (C=O) groups is 2.